The molecule has 0 aliphatic carbocycles. The van der Waals surface area contributed by atoms with Crippen molar-refractivity contribution < 1.29 is 33.7 Å². The molecule has 3 N–H and O–H groups in total. The fourth-order valence-electron chi connectivity index (χ4n) is 1.81. The Hall–Kier alpha value is -1.52. The monoisotopic (exact) mass is 422 g/mol. The highest BCUT2D eigenvalue weighted by Crippen LogP contribution is 2.10. The summed E-state index contributed by atoms with van der Waals surface area (Å²) in [5, 5.41) is 14.0. The molecule has 0 aromatic carbocycles. The van der Waals surface area contributed by atoms with Crippen molar-refractivity contribution in [2.45, 2.75) is 64.8 Å². The van der Waals surface area contributed by atoms with Crippen molar-refractivity contribution in [2.75, 3.05) is 31.8 Å². The van der Waals surface area contributed by atoms with E-state index >= 15 is 0 Å². The van der Waals surface area contributed by atoms with Crippen LogP contribution in [-0.4, -0.2) is 78.2 Å². The summed E-state index contributed by atoms with van der Waals surface area (Å²) in [5.74, 6) is -0.645. The number of rotatable bonds is 10. The van der Waals surface area contributed by atoms with Crippen LogP contribution in [0.25, 0.3) is 0 Å². The van der Waals surface area contributed by atoms with Gasteiger partial charge in [0.25, 0.3) is 0 Å². The minimum absolute atomic E-state index is 0.0599. The lowest BCUT2D eigenvalue weighted by Crippen LogP contribution is -2.55. The van der Waals surface area contributed by atoms with Crippen LogP contribution >= 0.6 is 11.8 Å². The highest BCUT2D eigenvalue weighted by molar-refractivity contribution is 7.99. The summed E-state index contributed by atoms with van der Waals surface area (Å²) >= 11 is 1.28. The minimum atomic E-state index is -1.03. The maximum Gasteiger partial charge on any atom is 0.408 e. The fraction of sp³-hybridized carbons (Fsp3) is 0.833. The van der Waals surface area contributed by atoms with Crippen LogP contribution in [0.2, 0.25) is 0 Å². The summed E-state index contributed by atoms with van der Waals surface area (Å²) in [7, 11) is 1.21. The van der Waals surface area contributed by atoms with Crippen molar-refractivity contribution in [3.8, 4) is 0 Å². The van der Waals surface area contributed by atoms with Gasteiger partial charge < -0.3 is 30.0 Å². The number of alkyl carbamates (subject to hydrolysis) is 1. The van der Waals surface area contributed by atoms with Gasteiger partial charge in [0.2, 0.25) is 5.91 Å². The molecule has 0 saturated heterocycles. The second-order valence-electron chi connectivity index (χ2n) is 8.01. The molecule has 0 saturated carbocycles. The Morgan fingerprint density at radius 1 is 1.00 bits per heavy atom. The number of carbonyl (C=O) groups excluding carboxylic acids is 3. The molecule has 0 unspecified atom stereocenters. The third-order valence-electron chi connectivity index (χ3n) is 3.01. The zero-order chi connectivity index (χ0) is 22.0. The van der Waals surface area contributed by atoms with E-state index < -0.39 is 41.3 Å². The molecule has 9 nitrogen and oxygen atoms in total. The van der Waals surface area contributed by atoms with Gasteiger partial charge in [-0.3, -0.25) is 4.79 Å². The first kappa shape index (κ1) is 26.5. The second kappa shape index (κ2) is 12.1. The summed E-state index contributed by atoms with van der Waals surface area (Å²) in [6, 6.07) is -1.99. The van der Waals surface area contributed by atoms with Gasteiger partial charge in [-0.2, -0.15) is 11.8 Å². The smallest absolute Gasteiger partial charge is 0.408 e. The molecule has 0 rings (SSSR count). The molecule has 0 fully saturated rings. The van der Waals surface area contributed by atoms with Crippen molar-refractivity contribution in [3.63, 3.8) is 0 Å². The van der Waals surface area contributed by atoms with Crippen LogP contribution in [0.3, 0.4) is 0 Å². The topological polar surface area (TPSA) is 123 Å². The Labute approximate surface area is 171 Å². The van der Waals surface area contributed by atoms with E-state index in [9.17, 15) is 14.4 Å². The van der Waals surface area contributed by atoms with E-state index in [1.807, 2.05) is 20.8 Å². The third-order valence-corrected chi connectivity index (χ3v) is 4.05. The second-order valence-corrected chi connectivity index (χ2v) is 9.15. The standard InChI is InChI=1S/C18H34N2O7S/c1-17(2,3)26-10-12(15(23)25-7)19-14(22)13(11-28-9-8-21)20-16(24)27-18(4,5)6/h12-13,21H,8-11H2,1-7H3,(H,19,22)(H,20,24)/t12-,13-/m0/s1. The first-order valence-corrected chi connectivity index (χ1v) is 10.1. The number of aliphatic hydroxyl groups excluding tert-OH is 1. The summed E-state index contributed by atoms with van der Waals surface area (Å²) in [6.45, 7) is 10.4. The predicted octanol–water partition coefficient (Wildman–Crippen LogP) is 1.08. The van der Waals surface area contributed by atoms with E-state index in [2.05, 4.69) is 10.6 Å². The van der Waals surface area contributed by atoms with Gasteiger partial charge in [0.05, 0.1) is 25.9 Å². The SMILES string of the molecule is COC(=O)[C@H](COC(C)(C)C)NC(=O)[C@H](CSCCO)NC(=O)OC(C)(C)C. The number of aliphatic hydroxyl groups is 1. The molecule has 0 bridgehead atoms. The van der Waals surface area contributed by atoms with Gasteiger partial charge in [0.1, 0.15) is 11.6 Å². The van der Waals surface area contributed by atoms with Gasteiger partial charge in [0.15, 0.2) is 6.04 Å². The molecule has 0 radical (unpaired) electrons. The summed E-state index contributed by atoms with van der Waals surface area (Å²) in [6.07, 6.45) is -0.752. The van der Waals surface area contributed by atoms with Gasteiger partial charge in [-0.25, -0.2) is 9.59 Å². The van der Waals surface area contributed by atoms with Crippen molar-refractivity contribution >= 4 is 29.7 Å². The molecule has 0 aromatic rings. The molecule has 0 aromatic heterocycles. The van der Waals surface area contributed by atoms with E-state index in [1.165, 1.54) is 18.9 Å². The zero-order valence-electron chi connectivity index (χ0n) is 17.8. The summed E-state index contributed by atoms with van der Waals surface area (Å²) in [5.41, 5.74) is -1.24. The lowest BCUT2D eigenvalue weighted by atomic mass is 10.2. The maximum absolute atomic E-state index is 12.7. The molecule has 28 heavy (non-hydrogen) atoms. The number of thioether (sulfide) groups is 1. The van der Waals surface area contributed by atoms with E-state index in [-0.39, 0.29) is 19.0 Å². The quantitative estimate of drug-likeness (QED) is 0.353. The van der Waals surface area contributed by atoms with Crippen molar-refractivity contribution in [1.29, 1.82) is 0 Å². The Kier molecular flexibility index (Phi) is 11.5. The number of esters is 1. The highest BCUT2D eigenvalue weighted by atomic mass is 32.2. The molecule has 0 aliphatic heterocycles. The number of hydrogen-bond acceptors (Lipinski definition) is 8. The van der Waals surface area contributed by atoms with Crippen molar-refractivity contribution in [1.82, 2.24) is 10.6 Å². The van der Waals surface area contributed by atoms with Crippen LogP contribution in [0.15, 0.2) is 0 Å². The van der Waals surface area contributed by atoms with Gasteiger partial charge in [-0.15, -0.1) is 0 Å². The number of carbonyl (C=O) groups is 3. The fourth-order valence-corrected chi connectivity index (χ4v) is 2.58. The molecule has 2 amide bonds. The molecular formula is C18H34N2O7S. The van der Waals surface area contributed by atoms with E-state index in [0.717, 1.165) is 0 Å². The normalized spacial score (nSPS) is 14.0. The molecular weight excluding hydrogens is 388 g/mol. The van der Waals surface area contributed by atoms with Crippen LogP contribution in [0.5, 0.6) is 0 Å². The molecule has 2 atom stereocenters. The van der Waals surface area contributed by atoms with Crippen LogP contribution in [-0.2, 0) is 23.8 Å². The van der Waals surface area contributed by atoms with Crippen LogP contribution in [0.1, 0.15) is 41.5 Å². The molecule has 0 aliphatic rings. The van der Waals surface area contributed by atoms with Gasteiger partial charge in [-0.1, -0.05) is 0 Å². The molecule has 164 valence electrons. The van der Waals surface area contributed by atoms with Crippen molar-refractivity contribution in [3.05, 3.63) is 0 Å². The van der Waals surface area contributed by atoms with Crippen molar-refractivity contribution in [2.24, 2.45) is 0 Å². The van der Waals surface area contributed by atoms with E-state index in [1.54, 1.807) is 20.8 Å². The zero-order valence-corrected chi connectivity index (χ0v) is 18.6. The molecule has 0 spiro atoms. The summed E-state index contributed by atoms with van der Waals surface area (Å²) < 4.78 is 15.5. The Balaban J connectivity index is 5.13. The number of ether oxygens (including phenoxy) is 3. The molecule has 0 heterocycles. The Morgan fingerprint density at radius 2 is 1.61 bits per heavy atom. The predicted molar refractivity (Wildman–Crippen MR) is 107 cm³/mol. The third kappa shape index (κ3) is 12.8. The Morgan fingerprint density at radius 3 is 2.07 bits per heavy atom. The number of hydrogen-bond donors (Lipinski definition) is 3. The number of methoxy groups -OCH3 is 1. The van der Waals surface area contributed by atoms with Crippen LogP contribution in [0.4, 0.5) is 4.79 Å². The van der Waals surface area contributed by atoms with E-state index in [0.29, 0.717) is 5.75 Å². The lowest BCUT2D eigenvalue weighted by Gasteiger charge is -2.26. The first-order valence-electron chi connectivity index (χ1n) is 8.99. The number of amides is 2. The van der Waals surface area contributed by atoms with Crippen LogP contribution in [0, 0.1) is 0 Å². The molecule has 10 heteroatoms. The van der Waals surface area contributed by atoms with E-state index in [4.69, 9.17) is 19.3 Å². The highest BCUT2D eigenvalue weighted by Gasteiger charge is 2.30. The maximum atomic E-state index is 12.7. The number of nitrogens with one attached hydrogen (secondary N) is 2. The van der Waals surface area contributed by atoms with Gasteiger partial charge in [0, 0.05) is 11.5 Å². The van der Waals surface area contributed by atoms with Crippen LogP contribution < -0.4 is 10.6 Å². The lowest BCUT2D eigenvalue weighted by molar-refractivity contribution is -0.148. The van der Waals surface area contributed by atoms with Gasteiger partial charge >= 0.3 is 12.1 Å². The Bertz CT molecular complexity index is 515. The average Bonchev–Trinajstić information content (AvgIpc) is 2.54. The first-order chi connectivity index (χ1) is 12.8. The summed E-state index contributed by atoms with van der Waals surface area (Å²) in [4.78, 5) is 36.7. The minimum Gasteiger partial charge on any atom is -0.467 e. The largest absolute Gasteiger partial charge is 0.467 e. The average molecular weight is 423 g/mol. The van der Waals surface area contributed by atoms with Gasteiger partial charge in [-0.05, 0) is 41.5 Å².